The Hall–Kier alpha value is -2.96. The smallest absolute Gasteiger partial charge is 0.322 e. The van der Waals surface area contributed by atoms with Crippen LogP contribution in [0.5, 0.6) is 0 Å². The van der Waals surface area contributed by atoms with Gasteiger partial charge in [0.1, 0.15) is 11.2 Å². The second-order valence-corrected chi connectivity index (χ2v) is 6.54. The molecular formula is C18H18N4O3. The number of hydrazine groups is 1. The largest absolute Gasteiger partial charge is 0.344 e. The van der Waals surface area contributed by atoms with E-state index in [1.54, 1.807) is 18.2 Å². The van der Waals surface area contributed by atoms with Crippen molar-refractivity contribution in [2.45, 2.75) is 37.6 Å². The van der Waals surface area contributed by atoms with Gasteiger partial charge in [-0.3, -0.25) is 15.0 Å². The van der Waals surface area contributed by atoms with Crippen LogP contribution in [0.3, 0.4) is 0 Å². The Morgan fingerprint density at radius 1 is 1.08 bits per heavy atom. The molecule has 2 heterocycles. The first-order valence-corrected chi connectivity index (χ1v) is 8.43. The van der Waals surface area contributed by atoms with E-state index in [2.05, 4.69) is 15.7 Å². The van der Waals surface area contributed by atoms with Crippen LogP contribution in [0.25, 0.3) is 10.9 Å². The summed E-state index contributed by atoms with van der Waals surface area (Å²) >= 11 is 0. The molecule has 0 unspecified atom stereocenters. The topological polar surface area (TPSA) is 91.4 Å². The number of rotatable bonds is 2. The lowest BCUT2D eigenvalue weighted by molar-refractivity contribution is -0.134. The molecule has 4 amide bonds. The summed E-state index contributed by atoms with van der Waals surface area (Å²) in [6, 6.07) is 10.2. The van der Waals surface area contributed by atoms with Gasteiger partial charge in [0.15, 0.2) is 0 Å². The summed E-state index contributed by atoms with van der Waals surface area (Å²) in [5.74, 6) is -0.964. The van der Waals surface area contributed by atoms with Gasteiger partial charge in [-0.05, 0) is 25.0 Å². The van der Waals surface area contributed by atoms with Crippen molar-refractivity contribution >= 4 is 28.7 Å². The predicted molar refractivity (Wildman–Crippen MR) is 90.4 cm³/mol. The predicted octanol–water partition coefficient (Wildman–Crippen LogP) is 2.13. The summed E-state index contributed by atoms with van der Waals surface area (Å²) < 4.78 is 0. The lowest BCUT2D eigenvalue weighted by atomic mass is 9.82. The molecule has 1 saturated heterocycles. The number of carbonyl (C=O) groups is 3. The molecule has 7 heteroatoms. The van der Waals surface area contributed by atoms with Gasteiger partial charge in [-0.1, -0.05) is 43.5 Å². The molecule has 2 aliphatic rings. The maximum Gasteiger partial charge on any atom is 0.344 e. The molecule has 128 valence electrons. The highest BCUT2D eigenvalue weighted by Gasteiger charge is 2.52. The Morgan fingerprint density at radius 2 is 1.84 bits per heavy atom. The molecule has 1 aliphatic carbocycles. The molecular weight excluding hydrogens is 320 g/mol. The fourth-order valence-corrected chi connectivity index (χ4v) is 3.57. The number of fused-ring (bicyclic) bond motifs is 1. The summed E-state index contributed by atoms with van der Waals surface area (Å²) in [4.78, 5) is 41.6. The van der Waals surface area contributed by atoms with Crippen molar-refractivity contribution in [1.29, 1.82) is 0 Å². The van der Waals surface area contributed by atoms with Crippen LogP contribution in [0.2, 0.25) is 0 Å². The molecule has 1 aromatic heterocycles. The van der Waals surface area contributed by atoms with Gasteiger partial charge >= 0.3 is 6.03 Å². The van der Waals surface area contributed by atoms with Gasteiger partial charge < -0.3 is 5.32 Å². The molecule has 2 aromatic rings. The highest BCUT2D eigenvalue weighted by molar-refractivity contribution is 6.09. The average molecular weight is 338 g/mol. The molecule has 1 aromatic carbocycles. The zero-order valence-electron chi connectivity index (χ0n) is 13.6. The first-order chi connectivity index (χ1) is 12.1. The molecule has 4 rings (SSSR count). The quantitative estimate of drug-likeness (QED) is 0.821. The van der Waals surface area contributed by atoms with E-state index in [9.17, 15) is 14.4 Å². The van der Waals surface area contributed by atoms with Gasteiger partial charge in [-0.15, -0.1) is 0 Å². The fraction of sp³-hybridized carbons (Fsp3) is 0.333. The van der Waals surface area contributed by atoms with E-state index in [4.69, 9.17) is 0 Å². The minimum absolute atomic E-state index is 0.156. The van der Waals surface area contributed by atoms with Crippen molar-refractivity contribution in [2.75, 3.05) is 0 Å². The third kappa shape index (κ3) is 2.61. The third-order valence-electron chi connectivity index (χ3n) is 4.91. The van der Waals surface area contributed by atoms with Gasteiger partial charge in [-0.25, -0.2) is 9.78 Å². The number of nitrogens with one attached hydrogen (secondary N) is 2. The molecule has 1 aliphatic heterocycles. The van der Waals surface area contributed by atoms with Crippen LogP contribution in [-0.4, -0.2) is 33.4 Å². The van der Waals surface area contributed by atoms with Crippen LogP contribution < -0.4 is 10.7 Å². The van der Waals surface area contributed by atoms with Gasteiger partial charge in [0.2, 0.25) is 0 Å². The monoisotopic (exact) mass is 338 g/mol. The minimum Gasteiger partial charge on any atom is -0.322 e. The summed E-state index contributed by atoms with van der Waals surface area (Å²) in [7, 11) is 0. The van der Waals surface area contributed by atoms with Crippen LogP contribution in [0.15, 0.2) is 36.4 Å². The second kappa shape index (κ2) is 5.84. The summed E-state index contributed by atoms with van der Waals surface area (Å²) in [6.07, 6.45) is 4.05. The Morgan fingerprint density at radius 3 is 2.64 bits per heavy atom. The van der Waals surface area contributed by atoms with Crippen LogP contribution >= 0.6 is 0 Å². The molecule has 0 radical (unpaired) electrons. The normalized spacial score (nSPS) is 19.3. The van der Waals surface area contributed by atoms with Crippen molar-refractivity contribution < 1.29 is 14.4 Å². The number of amides is 4. The number of carbonyl (C=O) groups excluding carboxylic acids is 3. The van der Waals surface area contributed by atoms with E-state index in [0.29, 0.717) is 18.4 Å². The lowest BCUT2D eigenvalue weighted by Crippen LogP contribution is -2.51. The number of nitrogens with zero attached hydrogens (tertiary/aromatic N) is 2. The zero-order valence-corrected chi connectivity index (χ0v) is 13.6. The Kier molecular flexibility index (Phi) is 3.63. The third-order valence-corrected chi connectivity index (χ3v) is 4.91. The molecule has 2 N–H and O–H groups in total. The first-order valence-electron chi connectivity index (χ1n) is 8.43. The van der Waals surface area contributed by atoms with E-state index in [0.717, 1.165) is 29.7 Å². The van der Waals surface area contributed by atoms with E-state index in [1.165, 1.54) is 0 Å². The highest BCUT2D eigenvalue weighted by atomic mass is 16.2. The van der Waals surface area contributed by atoms with Crippen LogP contribution in [0, 0.1) is 0 Å². The maximum absolute atomic E-state index is 12.7. The maximum atomic E-state index is 12.7. The number of benzene rings is 1. The lowest BCUT2D eigenvalue weighted by Gasteiger charge is -2.30. The van der Waals surface area contributed by atoms with Crippen molar-refractivity contribution in [2.24, 2.45) is 0 Å². The first kappa shape index (κ1) is 15.6. The second-order valence-electron chi connectivity index (χ2n) is 6.54. The van der Waals surface area contributed by atoms with Crippen molar-refractivity contribution in [3.8, 4) is 0 Å². The number of pyridine rings is 1. The Labute approximate surface area is 144 Å². The summed E-state index contributed by atoms with van der Waals surface area (Å²) in [5, 5.41) is 4.47. The molecule has 25 heavy (non-hydrogen) atoms. The number of imide groups is 1. The van der Waals surface area contributed by atoms with E-state index < -0.39 is 17.5 Å². The van der Waals surface area contributed by atoms with E-state index in [-0.39, 0.29) is 11.6 Å². The molecule has 0 atom stereocenters. The van der Waals surface area contributed by atoms with Gasteiger partial charge in [0.05, 0.1) is 5.52 Å². The standard InChI is InChI=1S/C18H18N4O3/c23-15(14-9-8-12-6-2-3-7-13(12)19-14)21-22-16(24)18(20-17(22)25)10-4-1-5-11-18/h2-3,6-9H,1,4-5,10-11H2,(H,20,25)(H,21,23). The van der Waals surface area contributed by atoms with Crippen LogP contribution in [0.1, 0.15) is 42.6 Å². The molecule has 1 spiro atoms. The van der Waals surface area contributed by atoms with Crippen molar-refractivity contribution in [3.05, 3.63) is 42.1 Å². The summed E-state index contributed by atoms with van der Waals surface area (Å²) in [6.45, 7) is 0. The van der Waals surface area contributed by atoms with Gasteiger partial charge in [0, 0.05) is 5.39 Å². The zero-order chi connectivity index (χ0) is 17.4. The van der Waals surface area contributed by atoms with Crippen molar-refractivity contribution in [3.63, 3.8) is 0 Å². The number of urea groups is 1. The number of aromatic nitrogens is 1. The van der Waals surface area contributed by atoms with Crippen LogP contribution in [-0.2, 0) is 4.79 Å². The van der Waals surface area contributed by atoms with Gasteiger partial charge in [0.25, 0.3) is 11.8 Å². The molecule has 7 nitrogen and oxygen atoms in total. The Balaban J connectivity index is 1.55. The average Bonchev–Trinajstić information content (AvgIpc) is 2.86. The Bertz CT molecular complexity index is 874. The molecule has 2 fully saturated rings. The molecule has 1 saturated carbocycles. The SMILES string of the molecule is O=C(NN1C(=O)NC2(CCCCC2)C1=O)c1ccc2ccccc2n1. The highest BCUT2D eigenvalue weighted by Crippen LogP contribution is 2.33. The van der Waals surface area contributed by atoms with E-state index >= 15 is 0 Å². The number of para-hydroxylation sites is 1. The van der Waals surface area contributed by atoms with Gasteiger partial charge in [-0.2, -0.15) is 5.01 Å². The van der Waals surface area contributed by atoms with Crippen molar-refractivity contribution in [1.82, 2.24) is 20.7 Å². The summed E-state index contributed by atoms with van der Waals surface area (Å²) in [5.41, 5.74) is 2.37. The molecule has 0 bridgehead atoms. The minimum atomic E-state index is -0.862. The van der Waals surface area contributed by atoms with Crippen LogP contribution in [0.4, 0.5) is 4.79 Å². The number of hydrogen-bond donors (Lipinski definition) is 2. The number of hydrogen-bond acceptors (Lipinski definition) is 4. The fourth-order valence-electron chi connectivity index (χ4n) is 3.57. The van der Waals surface area contributed by atoms with E-state index in [1.807, 2.05) is 18.2 Å².